The molecule has 0 N–H and O–H groups in total. The number of ether oxygens (including phenoxy) is 1. The Bertz CT molecular complexity index is 583. The topological polar surface area (TPSA) is 38.2 Å². The van der Waals surface area contributed by atoms with Crippen molar-refractivity contribution in [1.82, 2.24) is 14.9 Å². The smallest absolute Gasteiger partial charge is 0.316 e. The molecule has 4 nitrogen and oxygen atoms in total. The standard InChI is InChI=1S/C18H22BrN3O/c19-16-13-20-18(21-14-16)23-17-8-11-22(12-9-17)10-4-7-15-5-2-1-3-6-15/h1-3,5-6,13-14,17H,4,7-12H2. The highest BCUT2D eigenvalue weighted by atomic mass is 79.9. The fraction of sp³-hybridized carbons (Fsp3) is 0.444. The van der Waals surface area contributed by atoms with Gasteiger partial charge in [-0.05, 0) is 53.7 Å². The zero-order valence-electron chi connectivity index (χ0n) is 13.2. The molecule has 0 saturated carbocycles. The molecule has 1 aromatic heterocycles. The van der Waals surface area contributed by atoms with Gasteiger partial charge in [-0.2, -0.15) is 0 Å². The van der Waals surface area contributed by atoms with E-state index in [1.54, 1.807) is 12.4 Å². The van der Waals surface area contributed by atoms with E-state index in [9.17, 15) is 0 Å². The van der Waals surface area contributed by atoms with Gasteiger partial charge >= 0.3 is 6.01 Å². The van der Waals surface area contributed by atoms with Crippen LogP contribution in [0.15, 0.2) is 47.2 Å². The van der Waals surface area contributed by atoms with E-state index in [-0.39, 0.29) is 6.10 Å². The summed E-state index contributed by atoms with van der Waals surface area (Å²) in [7, 11) is 0. The molecule has 0 spiro atoms. The number of hydrogen-bond donors (Lipinski definition) is 0. The van der Waals surface area contributed by atoms with Crippen molar-refractivity contribution in [3.63, 3.8) is 0 Å². The van der Waals surface area contributed by atoms with Gasteiger partial charge in [0.05, 0.1) is 4.47 Å². The van der Waals surface area contributed by atoms with Gasteiger partial charge in [-0.25, -0.2) is 9.97 Å². The molecule has 122 valence electrons. The molecule has 2 heterocycles. The average Bonchev–Trinajstić information content (AvgIpc) is 2.59. The fourth-order valence-electron chi connectivity index (χ4n) is 2.91. The van der Waals surface area contributed by atoms with Gasteiger partial charge in [-0.3, -0.25) is 0 Å². The summed E-state index contributed by atoms with van der Waals surface area (Å²) in [5.41, 5.74) is 1.43. The molecule has 2 aromatic rings. The van der Waals surface area contributed by atoms with Crippen LogP contribution >= 0.6 is 15.9 Å². The Labute approximate surface area is 146 Å². The summed E-state index contributed by atoms with van der Waals surface area (Å²) in [6.45, 7) is 3.35. The third-order valence-electron chi connectivity index (χ3n) is 4.19. The second kappa shape index (κ2) is 8.41. The van der Waals surface area contributed by atoms with E-state index < -0.39 is 0 Å². The molecular weight excluding hydrogens is 354 g/mol. The van der Waals surface area contributed by atoms with Crippen LogP contribution in [0.3, 0.4) is 0 Å². The lowest BCUT2D eigenvalue weighted by Gasteiger charge is -2.31. The Morgan fingerprint density at radius 1 is 1.09 bits per heavy atom. The van der Waals surface area contributed by atoms with E-state index in [2.05, 4.69) is 61.1 Å². The number of aryl methyl sites for hydroxylation is 1. The van der Waals surface area contributed by atoms with Gasteiger partial charge in [0.15, 0.2) is 0 Å². The van der Waals surface area contributed by atoms with Crippen molar-refractivity contribution in [2.75, 3.05) is 19.6 Å². The van der Waals surface area contributed by atoms with Crippen molar-refractivity contribution in [3.8, 4) is 6.01 Å². The fourth-order valence-corrected chi connectivity index (χ4v) is 3.12. The van der Waals surface area contributed by atoms with Crippen LogP contribution in [0.5, 0.6) is 6.01 Å². The SMILES string of the molecule is Brc1cnc(OC2CCN(CCCc3ccccc3)CC2)nc1. The van der Waals surface area contributed by atoms with Crippen LogP contribution in [-0.4, -0.2) is 40.6 Å². The Balaban J connectivity index is 1.36. The summed E-state index contributed by atoms with van der Waals surface area (Å²) in [5, 5.41) is 0. The van der Waals surface area contributed by atoms with Crippen molar-refractivity contribution in [2.45, 2.75) is 31.8 Å². The van der Waals surface area contributed by atoms with Gasteiger partial charge in [0, 0.05) is 25.5 Å². The Kier molecular flexibility index (Phi) is 6.00. The maximum atomic E-state index is 5.86. The number of likely N-dealkylation sites (tertiary alicyclic amines) is 1. The van der Waals surface area contributed by atoms with Gasteiger partial charge in [-0.15, -0.1) is 0 Å². The molecule has 0 amide bonds. The van der Waals surface area contributed by atoms with Crippen molar-refractivity contribution >= 4 is 15.9 Å². The summed E-state index contributed by atoms with van der Waals surface area (Å²) in [6.07, 6.45) is 8.15. The monoisotopic (exact) mass is 375 g/mol. The highest BCUT2D eigenvalue weighted by molar-refractivity contribution is 9.10. The molecule has 0 aliphatic carbocycles. The van der Waals surface area contributed by atoms with Crippen molar-refractivity contribution < 1.29 is 4.74 Å². The Morgan fingerprint density at radius 3 is 2.48 bits per heavy atom. The van der Waals surface area contributed by atoms with Crippen LogP contribution in [-0.2, 0) is 6.42 Å². The maximum Gasteiger partial charge on any atom is 0.316 e. The van der Waals surface area contributed by atoms with Gasteiger partial charge in [0.2, 0.25) is 0 Å². The van der Waals surface area contributed by atoms with Gasteiger partial charge < -0.3 is 9.64 Å². The first kappa shape index (κ1) is 16.4. The van der Waals surface area contributed by atoms with E-state index >= 15 is 0 Å². The van der Waals surface area contributed by atoms with Crippen LogP contribution in [0.2, 0.25) is 0 Å². The molecule has 0 atom stereocenters. The predicted octanol–water partition coefficient (Wildman–Crippen LogP) is 3.72. The first-order valence-corrected chi connectivity index (χ1v) is 8.99. The summed E-state index contributed by atoms with van der Waals surface area (Å²) in [6, 6.07) is 11.2. The summed E-state index contributed by atoms with van der Waals surface area (Å²) >= 11 is 3.33. The number of piperidine rings is 1. The molecular formula is C18H22BrN3O. The Morgan fingerprint density at radius 2 is 1.78 bits per heavy atom. The maximum absolute atomic E-state index is 5.86. The number of aromatic nitrogens is 2. The van der Waals surface area contributed by atoms with Crippen LogP contribution in [0.25, 0.3) is 0 Å². The van der Waals surface area contributed by atoms with Crippen molar-refractivity contribution in [2.24, 2.45) is 0 Å². The van der Waals surface area contributed by atoms with Crippen LogP contribution < -0.4 is 4.74 Å². The van der Waals surface area contributed by atoms with E-state index in [1.165, 1.54) is 12.0 Å². The molecule has 1 saturated heterocycles. The second-order valence-corrected chi connectivity index (χ2v) is 6.85. The molecule has 0 unspecified atom stereocenters. The van der Waals surface area contributed by atoms with Gasteiger partial charge in [-0.1, -0.05) is 30.3 Å². The summed E-state index contributed by atoms with van der Waals surface area (Å²) in [4.78, 5) is 10.9. The molecule has 1 aliphatic rings. The van der Waals surface area contributed by atoms with Gasteiger partial charge in [0.1, 0.15) is 6.10 Å². The van der Waals surface area contributed by atoms with Crippen LogP contribution in [0.4, 0.5) is 0 Å². The van der Waals surface area contributed by atoms with Gasteiger partial charge in [0.25, 0.3) is 0 Å². The minimum absolute atomic E-state index is 0.238. The molecule has 0 bridgehead atoms. The second-order valence-electron chi connectivity index (χ2n) is 5.93. The zero-order valence-corrected chi connectivity index (χ0v) is 14.8. The quantitative estimate of drug-likeness (QED) is 0.770. The number of hydrogen-bond acceptors (Lipinski definition) is 4. The van der Waals surface area contributed by atoms with Crippen molar-refractivity contribution in [1.29, 1.82) is 0 Å². The van der Waals surface area contributed by atoms with E-state index in [0.29, 0.717) is 6.01 Å². The first-order valence-electron chi connectivity index (χ1n) is 8.20. The number of benzene rings is 1. The third kappa shape index (κ3) is 5.29. The average molecular weight is 376 g/mol. The lowest BCUT2D eigenvalue weighted by molar-refractivity contribution is 0.0922. The zero-order chi connectivity index (χ0) is 15.9. The highest BCUT2D eigenvalue weighted by Crippen LogP contribution is 2.17. The number of rotatable bonds is 6. The minimum atomic E-state index is 0.238. The molecule has 1 aromatic carbocycles. The number of halogens is 1. The molecule has 0 radical (unpaired) electrons. The minimum Gasteiger partial charge on any atom is -0.460 e. The van der Waals surface area contributed by atoms with E-state index in [4.69, 9.17) is 4.74 Å². The van der Waals surface area contributed by atoms with Crippen molar-refractivity contribution in [3.05, 3.63) is 52.8 Å². The predicted molar refractivity (Wildman–Crippen MR) is 94.6 cm³/mol. The summed E-state index contributed by atoms with van der Waals surface area (Å²) < 4.78 is 6.74. The highest BCUT2D eigenvalue weighted by Gasteiger charge is 2.20. The van der Waals surface area contributed by atoms with E-state index in [1.807, 2.05) is 0 Å². The molecule has 3 rings (SSSR count). The lowest BCUT2D eigenvalue weighted by Crippen LogP contribution is -2.39. The number of nitrogens with zero attached hydrogens (tertiary/aromatic N) is 3. The Hall–Kier alpha value is -1.46. The van der Waals surface area contributed by atoms with E-state index in [0.717, 1.165) is 43.4 Å². The normalized spacial score (nSPS) is 16.4. The van der Waals surface area contributed by atoms with Crippen LogP contribution in [0.1, 0.15) is 24.8 Å². The molecule has 5 heteroatoms. The first-order chi connectivity index (χ1) is 11.3. The third-order valence-corrected chi connectivity index (χ3v) is 4.60. The summed E-state index contributed by atoms with van der Waals surface area (Å²) in [5.74, 6) is 0. The molecule has 1 aliphatic heterocycles. The largest absolute Gasteiger partial charge is 0.460 e. The molecule has 1 fully saturated rings. The lowest BCUT2D eigenvalue weighted by atomic mass is 10.1. The molecule has 23 heavy (non-hydrogen) atoms. The van der Waals surface area contributed by atoms with Crippen LogP contribution in [0, 0.1) is 0 Å².